The Hall–Kier alpha value is -1.29. The SMILES string of the molecule is O=C(CNS(=O)(=O)c1cccs1)NCCc1cscn1. The summed E-state index contributed by atoms with van der Waals surface area (Å²) < 4.78 is 26.0. The fourth-order valence-corrected chi connectivity index (χ4v) is 4.01. The Morgan fingerprint density at radius 2 is 2.25 bits per heavy atom. The molecule has 0 aliphatic rings. The van der Waals surface area contributed by atoms with Gasteiger partial charge in [-0.15, -0.1) is 22.7 Å². The number of thiophene rings is 1. The van der Waals surface area contributed by atoms with Crippen molar-refractivity contribution >= 4 is 38.6 Å². The molecular weight excluding hydrogens is 318 g/mol. The summed E-state index contributed by atoms with van der Waals surface area (Å²) in [5.41, 5.74) is 2.64. The molecule has 2 aromatic rings. The summed E-state index contributed by atoms with van der Waals surface area (Å²) in [6.45, 7) is 0.167. The molecule has 0 unspecified atom stereocenters. The zero-order valence-corrected chi connectivity index (χ0v) is 12.9. The van der Waals surface area contributed by atoms with Gasteiger partial charge in [0.25, 0.3) is 10.0 Å². The fraction of sp³-hybridized carbons (Fsp3) is 0.273. The molecular formula is C11H13N3O3S3. The third-order valence-corrected chi connectivity index (χ3v) is 5.80. The first-order valence-corrected chi connectivity index (χ1v) is 9.05. The van der Waals surface area contributed by atoms with Crippen molar-refractivity contribution in [1.29, 1.82) is 0 Å². The quantitative estimate of drug-likeness (QED) is 0.787. The van der Waals surface area contributed by atoms with Gasteiger partial charge in [-0.2, -0.15) is 0 Å². The molecule has 0 spiro atoms. The maximum atomic E-state index is 11.8. The summed E-state index contributed by atoms with van der Waals surface area (Å²) in [4.78, 5) is 15.6. The van der Waals surface area contributed by atoms with Crippen LogP contribution in [0.3, 0.4) is 0 Å². The Labute approximate surface area is 124 Å². The van der Waals surface area contributed by atoms with Gasteiger partial charge in [-0.05, 0) is 11.4 Å². The van der Waals surface area contributed by atoms with Crippen LogP contribution in [0.25, 0.3) is 0 Å². The smallest absolute Gasteiger partial charge is 0.250 e. The van der Waals surface area contributed by atoms with Crippen LogP contribution >= 0.6 is 22.7 Å². The van der Waals surface area contributed by atoms with Gasteiger partial charge in [0.2, 0.25) is 5.91 Å². The third-order valence-electron chi connectivity index (χ3n) is 2.37. The lowest BCUT2D eigenvalue weighted by Crippen LogP contribution is -2.37. The van der Waals surface area contributed by atoms with E-state index in [2.05, 4.69) is 15.0 Å². The summed E-state index contributed by atoms with van der Waals surface area (Å²) in [6.07, 6.45) is 0.632. The molecule has 6 nitrogen and oxygen atoms in total. The average molecular weight is 331 g/mol. The first-order chi connectivity index (χ1) is 9.58. The Morgan fingerprint density at radius 1 is 1.40 bits per heavy atom. The first kappa shape index (κ1) is 15.1. The van der Waals surface area contributed by atoms with Gasteiger partial charge < -0.3 is 5.32 Å². The predicted molar refractivity (Wildman–Crippen MR) is 78.3 cm³/mol. The molecule has 0 aliphatic carbocycles. The normalized spacial score (nSPS) is 11.4. The summed E-state index contributed by atoms with van der Waals surface area (Å²) in [5, 5.41) is 6.22. The number of nitrogens with one attached hydrogen (secondary N) is 2. The van der Waals surface area contributed by atoms with Gasteiger partial charge in [0.1, 0.15) is 4.21 Å². The van der Waals surface area contributed by atoms with Crippen LogP contribution in [0, 0.1) is 0 Å². The van der Waals surface area contributed by atoms with Gasteiger partial charge in [0, 0.05) is 18.3 Å². The number of hydrogen-bond donors (Lipinski definition) is 2. The highest BCUT2D eigenvalue weighted by atomic mass is 32.2. The number of rotatable bonds is 7. The molecule has 0 saturated carbocycles. The number of carbonyl (C=O) groups is 1. The fourth-order valence-electron chi connectivity index (χ4n) is 1.40. The highest BCUT2D eigenvalue weighted by Gasteiger charge is 2.15. The minimum Gasteiger partial charge on any atom is -0.355 e. The monoisotopic (exact) mass is 331 g/mol. The average Bonchev–Trinajstić information content (AvgIpc) is 3.09. The standard InChI is InChI=1S/C11H13N3O3S3/c15-10(12-4-3-9-7-18-8-13-9)6-14-20(16,17)11-2-1-5-19-11/h1-2,5,7-8,14H,3-4,6H2,(H,12,15). The second-order valence-corrected chi connectivity index (χ2v) is 7.50. The number of sulfonamides is 1. The Kier molecular flexibility index (Phi) is 5.24. The highest BCUT2D eigenvalue weighted by molar-refractivity contribution is 7.91. The number of hydrogen-bond acceptors (Lipinski definition) is 6. The lowest BCUT2D eigenvalue weighted by Gasteiger charge is -2.06. The molecule has 1 amide bonds. The van der Waals surface area contributed by atoms with Crippen LogP contribution in [-0.4, -0.2) is 32.4 Å². The second kappa shape index (κ2) is 6.93. The van der Waals surface area contributed by atoms with E-state index in [0.29, 0.717) is 13.0 Å². The van der Waals surface area contributed by atoms with Gasteiger partial charge in [-0.25, -0.2) is 18.1 Å². The van der Waals surface area contributed by atoms with E-state index in [0.717, 1.165) is 17.0 Å². The first-order valence-electron chi connectivity index (χ1n) is 5.75. The third kappa shape index (κ3) is 4.37. The molecule has 108 valence electrons. The van der Waals surface area contributed by atoms with Crippen LogP contribution in [0.5, 0.6) is 0 Å². The van der Waals surface area contributed by atoms with E-state index in [4.69, 9.17) is 0 Å². The van der Waals surface area contributed by atoms with E-state index in [9.17, 15) is 13.2 Å². The van der Waals surface area contributed by atoms with Crippen LogP contribution in [0.15, 0.2) is 32.6 Å². The molecule has 20 heavy (non-hydrogen) atoms. The van der Waals surface area contributed by atoms with Gasteiger partial charge in [-0.3, -0.25) is 4.79 Å². The number of nitrogens with zero attached hydrogens (tertiary/aromatic N) is 1. The molecule has 2 rings (SSSR count). The molecule has 2 heterocycles. The molecule has 0 bridgehead atoms. The van der Waals surface area contributed by atoms with Gasteiger partial charge in [0.15, 0.2) is 0 Å². The highest BCUT2D eigenvalue weighted by Crippen LogP contribution is 2.14. The Bertz CT molecular complexity index is 636. The second-order valence-electron chi connectivity index (χ2n) is 3.84. The van der Waals surface area contributed by atoms with Crippen molar-refractivity contribution in [1.82, 2.24) is 15.0 Å². The van der Waals surface area contributed by atoms with Crippen molar-refractivity contribution in [3.8, 4) is 0 Å². The van der Waals surface area contributed by atoms with Crippen LogP contribution in [-0.2, 0) is 21.2 Å². The van der Waals surface area contributed by atoms with Crippen molar-refractivity contribution in [3.05, 3.63) is 34.1 Å². The number of amides is 1. The van der Waals surface area contributed by atoms with Crippen LogP contribution < -0.4 is 10.0 Å². The van der Waals surface area contributed by atoms with E-state index in [1.165, 1.54) is 17.4 Å². The lowest BCUT2D eigenvalue weighted by atomic mass is 10.3. The van der Waals surface area contributed by atoms with E-state index in [-0.39, 0.29) is 16.7 Å². The zero-order valence-electron chi connectivity index (χ0n) is 10.4. The lowest BCUT2D eigenvalue weighted by molar-refractivity contribution is -0.119. The summed E-state index contributed by atoms with van der Waals surface area (Å²) in [6, 6.07) is 3.14. The van der Waals surface area contributed by atoms with E-state index in [1.54, 1.807) is 17.0 Å². The Balaban J connectivity index is 1.72. The summed E-state index contributed by atoms with van der Waals surface area (Å²) >= 11 is 2.60. The van der Waals surface area contributed by atoms with Gasteiger partial charge in [0.05, 0.1) is 17.7 Å². The number of carbonyl (C=O) groups excluding carboxylic acids is 1. The van der Waals surface area contributed by atoms with E-state index in [1.807, 2.05) is 5.38 Å². The van der Waals surface area contributed by atoms with Crippen molar-refractivity contribution in [2.24, 2.45) is 0 Å². The van der Waals surface area contributed by atoms with E-state index >= 15 is 0 Å². The molecule has 0 aromatic carbocycles. The number of thiazole rings is 1. The van der Waals surface area contributed by atoms with Gasteiger partial charge >= 0.3 is 0 Å². The predicted octanol–water partition coefficient (Wildman–Crippen LogP) is 0.842. The zero-order chi connectivity index (χ0) is 14.4. The topological polar surface area (TPSA) is 88.2 Å². The van der Waals surface area contributed by atoms with Crippen molar-refractivity contribution in [2.75, 3.05) is 13.1 Å². The van der Waals surface area contributed by atoms with E-state index < -0.39 is 10.0 Å². The maximum Gasteiger partial charge on any atom is 0.250 e. The van der Waals surface area contributed by atoms with Crippen LogP contribution in [0.4, 0.5) is 0 Å². The Morgan fingerprint density at radius 3 is 2.90 bits per heavy atom. The molecule has 0 fully saturated rings. The molecule has 2 aromatic heterocycles. The van der Waals surface area contributed by atoms with Gasteiger partial charge in [-0.1, -0.05) is 6.07 Å². The minimum absolute atomic E-state index is 0.202. The number of aromatic nitrogens is 1. The summed E-state index contributed by atoms with van der Waals surface area (Å²) in [7, 11) is -3.58. The minimum atomic E-state index is -3.58. The summed E-state index contributed by atoms with van der Waals surface area (Å²) in [5.74, 6) is -0.361. The maximum absolute atomic E-state index is 11.8. The van der Waals surface area contributed by atoms with Crippen molar-refractivity contribution in [2.45, 2.75) is 10.6 Å². The molecule has 2 N–H and O–H groups in total. The van der Waals surface area contributed by atoms with Crippen molar-refractivity contribution < 1.29 is 13.2 Å². The van der Waals surface area contributed by atoms with Crippen molar-refractivity contribution in [3.63, 3.8) is 0 Å². The van der Waals surface area contributed by atoms with Crippen LogP contribution in [0.1, 0.15) is 5.69 Å². The molecule has 0 radical (unpaired) electrons. The molecule has 0 aliphatic heterocycles. The largest absolute Gasteiger partial charge is 0.355 e. The molecule has 0 saturated heterocycles. The van der Waals surface area contributed by atoms with Crippen LogP contribution in [0.2, 0.25) is 0 Å². The molecule has 0 atom stereocenters. The molecule has 9 heteroatoms.